The first-order valence-electron chi connectivity index (χ1n) is 4.51. The third-order valence-corrected chi connectivity index (χ3v) is 2.58. The first-order chi connectivity index (χ1) is 5.88. The molecular formula is C10H14N2. The zero-order valence-corrected chi connectivity index (χ0v) is 7.33. The SMILES string of the molecule is CC1CCNC1c1cccnc1. The van der Waals surface area contributed by atoms with E-state index in [9.17, 15) is 0 Å². The van der Waals surface area contributed by atoms with Gasteiger partial charge in [0.05, 0.1) is 0 Å². The minimum atomic E-state index is 0.527. The van der Waals surface area contributed by atoms with Crippen LogP contribution >= 0.6 is 0 Å². The maximum absolute atomic E-state index is 4.12. The lowest BCUT2D eigenvalue weighted by atomic mass is 9.98. The van der Waals surface area contributed by atoms with Crippen LogP contribution in [0.15, 0.2) is 24.5 Å². The van der Waals surface area contributed by atoms with Crippen molar-refractivity contribution in [1.82, 2.24) is 10.3 Å². The molecule has 2 nitrogen and oxygen atoms in total. The first kappa shape index (κ1) is 7.74. The predicted molar refractivity (Wildman–Crippen MR) is 48.8 cm³/mol. The molecule has 1 fully saturated rings. The van der Waals surface area contributed by atoms with Gasteiger partial charge in [-0.05, 0) is 30.5 Å². The van der Waals surface area contributed by atoms with Crippen LogP contribution in [0.1, 0.15) is 24.9 Å². The van der Waals surface area contributed by atoms with Crippen molar-refractivity contribution in [2.75, 3.05) is 6.54 Å². The summed E-state index contributed by atoms with van der Waals surface area (Å²) in [6.45, 7) is 3.43. The van der Waals surface area contributed by atoms with Crippen molar-refractivity contribution in [3.63, 3.8) is 0 Å². The third kappa shape index (κ3) is 1.34. The lowest BCUT2D eigenvalue weighted by molar-refractivity contribution is 0.502. The van der Waals surface area contributed by atoms with Gasteiger partial charge in [0.1, 0.15) is 0 Å². The van der Waals surface area contributed by atoms with Gasteiger partial charge in [-0.2, -0.15) is 0 Å². The maximum Gasteiger partial charge on any atom is 0.0361 e. The van der Waals surface area contributed by atoms with Crippen molar-refractivity contribution >= 4 is 0 Å². The summed E-state index contributed by atoms with van der Waals surface area (Å²) >= 11 is 0. The van der Waals surface area contributed by atoms with Crippen molar-refractivity contribution < 1.29 is 0 Å². The van der Waals surface area contributed by atoms with Gasteiger partial charge in [-0.15, -0.1) is 0 Å². The minimum absolute atomic E-state index is 0.527. The van der Waals surface area contributed by atoms with E-state index in [-0.39, 0.29) is 0 Å². The minimum Gasteiger partial charge on any atom is -0.310 e. The van der Waals surface area contributed by atoms with E-state index < -0.39 is 0 Å². The molecule has 1 aromatic heterocycles. The topological polar surface area (TPSA) is 24.9 Å². The molecule has 64 valence electrons. The lowest BCUT2D eigenvalue weighted by Gasteiger charge is -2.14. The average molecular weight is 162 g/mol. The highest BCUT2D eigenvalue weighted by atomic mass is 14.9. The Labute approximate surface area is 73.0 Å². The molecule has 0 amide bonds. The van der Waals surface area contributed by atoms with E-state index >= 15 is 0 Å². The number of nitrogens with one attached hydrogen (secondary N) is 1. The number of pyridine rings is 1. The quantitative estimate of drug-likeness (QED) is 0.680. The Balaban J connectivity index is 2.19. The molecule has 12 heavy (non-hydrogen) atoms. The summed E-state index contributed by atoms with van der Waals surface area (Å²) < 4.78 is 0. The fourth-order valence-corrected chi connectivity index (χ4v) is 1.84. The molecule has 0 radical (unpaired) electrons. The van der Waals surface area contributed by atoms with Gasteiger partial charge in [0.25, 0.3) is 0 Å². The molecule has 2 heterocycles. The van der Waals surface area contributed by atoms with Crippen molar-refractivity contribution in [2.24, 2.45) is 5.92 Å². The Kier molecular flexibility index (Phi) is 2.09. The molecule has 1 aliphatic heterocycles. The van der Waals surface area contributed by atoms with Gasteiger partial charge in [-0.3, -0.25) is 4.98 Å². The normalized spacial score (nSPS) is 29.1. The fourth-order valence-electron chi connectivity index (χ4n) is 1.84. The van der Waals surface area contributed by atoms with Gasteiger partial charge < -0.3 is 5.32 Å². The van der Waals surface area contributed by atoms with Crippen molar-refractivity contribution in [3.05, 3.63) is 30.1 Å². The molecule has 0 spiro atoms. The Hall–Kier alpha value is -0.890. The van der Waals surface area contributed by atoms with Crippen LogP contribution in [-0.4, -0.2) is 11.5 Å². The predicted octanol–water partition coefficient (Wildman–Crippen LogP) is 1.75. The second kappa shape index (κ2) is 3.23. The lowest BCUT2D eigenvalue weighted by Crippen LogP contribution is -2.16. The summed E-state index contributed by atoms with van der Waals surface area (Å²) in [6, 6.07) is 4.67. The summed E-state index contributed by atoms with van der Waals surface area (Å²) in [7, 11) is 0. The second-order valence-electron chi connectivity index (χ2n) is 3.48. The molecule has 0 bridgehead atoms. The molecule has 2 unspecified atom stereocenters. The van der Waals surface area contributed by atoms with Gasteiger partial charge in [-0.25, -0.2) is 0 Å². The largest absolute Gasteiger partial charge is 0.310 e. The van der Waals surface area contributed by atoms with Crippen LogP contribution in [0.3, 0.4) is 0 Å². The Morgan fingerprint density at radius 1 is 1.58 bits per heavy atom. The summed E-state index contributed by atoms with van der Waals surface area (Å²) in [5.74, 6) is 0.745. The maximum atomic E-state index is 4.12. The number of nitrogens with zero attached hydrogens (tertiary/aromatic N) is 1. The van der Waals surface area contributed by atoms with Gasteiger partial charge in [-0.1, -0.05) is 13.0 Å². The molecule has 1 saturated heterocycles. The zero-order valence-electron chi connectivity index (χ0n) is 7.33. The molecule has 0 aliphatic carbocycles. The van der Waals surface area contributed by atoms with E-state index in [1.165, 1.54) is 12.0 Å². The van der Waals surface area contributed by atoms with E-state index in [0.717, 1.165) is 12.5 Å². The van der Waals surface area contributed by atoms with Crippen molar-refractivity contribution in [3.8, 4) is 0 Å². The van der Waals surface area contributed by atoms with Crippen LogP contribution in [0.2, 0.25) is 0 Å². The van der Waals surface area contributed by atoms with E-state index in [0.29, 0.717) is 6.04 Å². The average Bonchev–Trinajstić information content (AvgIpc) is 2.53. The summed E-state index contributed by atoms with van der Waals surface area (Å²) in [5, 5.41) is 3.48. The van der Waals surface area contributed by atoms with E-state index in [2.05, 4.69) is 23.3 Å². The highest BCUT2D eigenvalue weighted by Gasteiger charge is 2.23. The molecule has 1 N–H and O–H groups in total. The number of hydrogen-bond acceptors (Lipinski definition) is 2. The van der Waals surface area contributed by atoms with Crippen LogP contribution in [-0.2, 0) is 0 Å². The smallest absolute Gasteiger partial charge is 0.0361 e. The Morgan fingerprint density at radius 2 is 2.50 bits per heavy atom. The third-order valence-electron chi connectivity index (χ3n) is 2.58. The van der Waals surface area contributed by atoms with Crippen molar-refractivity contribution in [2.45, 2.75) is 19.4 Å². The van der Waals surface area contributed by atoms with Crippen LogP contribution in [0.25, 0.3) is 0 Å². The van der Waals surface area contributed by atoms with Gasteiger partial charge in [0, 0.05) is 18.4 Å². The molecule has 2 atom stereocenters. The Morgan fingerprint density at radius 3 is 3.08 bits per heavy atom. The highest BCUT2D eigenvalue weighted by molar-refractivity contribution is 5.15. The number of aromatic nitrogens is 1. The van der Waals surface area contributed by atoms with Gasteiger partial charge in [0.15, 0.2) is 0 Å². The van der Waals surface area contributed by atoms with Gasteiger partial charge >= 0.3 is 0 Å². The van der Waals surface area contributed by atoms with E-state index in [1.54, 1.807) is 0 Å². The standard InChI is InChI=1S/C10H14N2/c1-8-4-6-12-10(8)9-3-2-5-11-7-9/h2-3,5,7-8,10,12H,4,6H2,1H3. The van der Waals surface area contributed by atoms with Crippen molar-refractivity contribution in [1.29, 1.82) is 0 Å². The van der Waals surface area contributed by atoms with Gasteiger partial charge in [0.2, 0.25) is 0 Å². The molecular weight excluding hydrogens is 148 g/mol. The fraction of sp³-hybridized carbons (Fsp3) is 0.500. The molecule has 0 aromatic carbocycles. The molecule has 1 aliphatic rings. The summed E-state index contributed by atoms with van der Waals surface area (Å²) in [6.07, 6.45) is 5.06. The van der Waals surface area contributed by atoms with E-state index in [4.69, 9.17) is 0 Å². The Bertz CT molecular complexity index is 245. The number of hydrogen-bond donors (Lipinski definition) is 1. The van der Waals surface area contributed by atoms with Crippen LogP contribution in [0.4, 0.5) is 0 Å². The van der Waals surface area contributed by atoms with E-state index in [1.807, 2.05) is 18.5 Å². The first-order valence-corrected chi connectivity index (χ1v) is 4.51. The summed E-state index contributed by atoms with van der Waals surface area (Å²) in [5.41, 5.74) is 1.32. The highest BCUT2D eigenvalue weighted by Crippen LogP contribution is 2.27. The second-order valence-corrected chi connectivity index (χ2v) is 3.48. The molecule has 2 rings (SSSR count). The van der Waals surface area contributed by atoms with Crippen LogP contribution < -0.4 is 5.32 Å². The molecule has 1 aromatic rings. The number of rotatable bonds is 1. The molecule has 0 saturated carbocycles. The summed E-state index contributed by atoms with van der Waals surface area (Å²) in [4.78, 5) is 4.12. The van der Waals surface area contributed by atoms with Crippen LogP contribution in [0.5, 0.6) is 0 Å². The monoisotopic (exact) mass is 162 g/mol. The molecule has 2 heteroatoms. The zero-order chi connectivity index (χ0) is 8.39. The van der Waals surface area contributed by atoms with Crippen LogP contribution in [0, 0.1) is 5.92 Å².